The van der Waals surface area contributed by atoms with E-state index < -0.39 is 24.9 Å². The highest BCUT2D eigenvalue weighted by atomic mass is 32.1. The van der Waals surface area contributed by atoms with Crippen LogP contribution in [0.15, 0.2) is 54.7 Å². The summed E-state index contributed by atoms with van der Waals surface area (Å²) in [5.41, 5.74) is 4.03. The molecule has 3 aromatic rings. The maximum atomic E-state index is 12.6. The van der Waals surface area contributed by atoms with Crippen LogP contribution in [0.2, 0.25) is 0 Å². The molecule has 1 amide bonds. The van der Waals surface area contributed by atoms with Crippen LogP contribution in [0.1, 0.15) is 11.6 Å². The van der Waals surface area contributed by atoms with Crippen molar-refractivity contribution >= 4 is 22.9 Å². The van der Waals surface area contributed by atoms with Crippen LogP contribution in [-0.2, 0) is 4.79 Å². The summed E-state index contributed by atoms with van der Waals surface area (Å²) < 4.78 is 25.0. The number of alkyl halides is 2. The minimum absolute atomic E-state index is 0.512. The fraction of sp³-hybridized carbons (Fsp3) is 0.222. The van der Waals surface area contributed by atoms with E-state index in [0.29, 0.717) is 5.56 Å². The SMILES string of the molecule is CN(c1ccc(-c2cncs2)cc1)C(C(=O)NCC(F)F)c1cncnc1. The van der Waals surface area contributed by atoms with Gasteiger partial charge in [-0.3, -0.25) is 9.78 Å². The first-order chi connectivity index (χ1) is 13.1. The Morgan fingerprint density at radius 1 is 1.15 bits per heavy atom. The summed E-state index contributed by atoms with van der Waals surface area (Å²) in [5, 5.41) is 2.27. The number of hydrogen-bond acceptors (Lipinski definition) is 6. The lowest BCUT2D eigenvalue weighted by molar-refractivity contribution is -0.123. The summed E-state index contributed by atoms with van der Waals surface area (Å²) in [5.74, 6) is -0.542. The van der Waals surface area contributed by atoms with Crippen molar-refractivity contribution in [2.75, 3.05) is 18.5 Å². The van der Waals surface area contributed by atoms with Gasteiger partial charge in [0, 0.05) is 36.9 Å². The molecule has 0 aliphatic heterocycles. The average molecular weight is 389 g/mol. The summed E-state index contributed by atoms with van der Waals surface area (Å²) in [6.45, 7) is -0.707. The fourth-order valence-electron chi connectivity index (χ4n) is 2.65. The van der Waals surface area contributed by atoms with Crippen molar-refractivity contribution in [3.63, 3.8) is 0 Å². The highest BCUT2D eigenvalue weighted by Gasteiger charge is 2.26. The molecule has 2 heterocycles. The van der Waals surface area contributed by atoms with E-state index in [4.69, 9.17) is 0 Å². The Bertz CT molecular complexity index is 859. The van der Waals surface area contributed by atoms with Crippen molar-refractivity contribution in [3.05, 3.63) is 60.3 Å². The topological polar surface area (TPSA) is 71.0 Å². The third kappa shape index (κ3) is 4.62. The molecule has 0 spiro atoms. The Hall–Kier alpha value is -2.94. The third-order valence-corrected chi connectivity index (χ3v) is 4.78. The number of anilines is 1. The molecule has 0 saturated heterocycles. The third-order valence-electron chi connectivity index (χ3n) is 3.95. The first-order valence-electron chi connectivity index (χ1n) is 8.09. The summed E-state index contributed by atoms with van der Waals surface area (Å²) >= 11 is 1.53. The van der Waals surface area contributed by atoms with Crippen LogP contribution in [0.25, 0.3) is 10.4 Å². The Kier molecular flexibility index (Phi) is 6.02. The number of aromatic nitrogens is 3. The molecular weight excluding hydrogens is 372 g/mol. The molecule has 0 aliphatic rings. The molecule has 6 nitrogen and oxygen atoms in total. The molecule has 9 heteroatoms. The number of carbonyl (C=O) groups is 1. The van der Waals surface area contributed by atoms with Gasteiger partial charge in [0.15, 0.2) is 0 Å². The number of halogens is 2. The lowest BCUT2D eigenvalue weighted by Gasteiger charge is -2.29. The summed E-state index contributed by atoms with van der Waals surface area (Å²) in [7, 11) is 1.72. The lowest BCUT2D eigenvalue weighted by Crippen LogP contribution is -2.40. The number of rotatable bonds is 7. The van der Waals surface area contributed by atoms with Crippen molar-refractivity contribution in [3.8, 4) is 10.4 Å². The van der Waals surface area contributed by atoms with Gasteiger partial charge < -0.3 is 10.2 Å². The molecule has 1 aromatic carbocycles. The van der Waals surface area contributed by atoms with E-state index in [9.17, 15) is 13.6 Å². The number of carbonyl (C=O) groups excluding carboxylic acids is 1. The minimum Gasteiger partial charge on any atom is -0.359 e. The number of amides is 1. The number of nitrogens with zero attached hydrogens (tertiary/aromatic N) is 4. The van der Waals surface area contributed by atoms with Gasteiger partial charge in [0.25, 0.3) is 6.43 Å². The molecule has 0 radical (unpaired) electrons. The molecule has 1 unspecified atom stereocenters. The van der Waals surface area contributed by atoms with E-state index in [-0.39, 0.29) is 0 Å². The van der Waals surface area contributed by atoms with E-state index in [2.05, 4.69) is 20.3 Å². The first-order valence-corrected chi connectivity index (χ1v) is 8.96. The van der Waals surface area contributed by atoms with Gasteiger partial charge in [-0.2, -0.15) is 0 Å². The second kappa shape index (κ2) is 8.63. The van der Waals surface area contributed by atoms with Crippen LogP contribution in [0.3, 0.4) is 0 Å². The zero-order valence-corrected chi connectivity index (χ0v) is 15.2. The van der Waals surface area contributed by atoms with E-state index >= 15 is 0 Å². The van der Waals surface area contributed by atoms with Gasteiger partial charge >= 0.3 is 0 Å². The van der Waals surface area contributed by atoms with Gasteiger partial charge in [0.1, 0.15) is 12.4 Å². The quantitative estimate of drug-likeness (QED) is 0.672. The van der Waals surface area contributed by atoms with E-state index in [0.717, 1.165) is 16.1 Å². The van der Waals surface area contributed by atoms with Crippen LogP contribution in [-0.4, -0.2) is 40.9 Å². The Morgan fingerprint density at radius 3 is 2.44 bits per heavy atom. The van der Waals surface area contributed by atoms with Crippen molar-refractivity contribution in [1.82, 2.24) is 20.3 Å². The molecular formula is C18H17F2N5OS. The zero-order valence-electron chi connectivity index (χ0n) is 14.4. The second-order valence-electron chi connectivity index (χ2n) is 5.73. The Morgan fingerprint density at radius 2 is 1.85 bits per heavy atom. The van der Waals surface area contributed by atoms with Crippen LogP contribution < -0.4 is 10.2 Å². The van der Waals surface area contributed by atoms with Gasteiger partial charge in [-0.25, -0.2) is 18.7 Å². The van der Waals surface area contributed by atoms with Gasteiger partial charge in [-0.05, 0) is 17.7 Å². The van der Waals surface area contributed by atoms with Crippen molar-refractivity contribution in [1.29, 1.82) is 0 Å². The molecule has 0 aliphatic carbocycles. The molecule has 0 fully saturated rings. The van der Waals surface area contributed by atoms with E-state index in [1.165, 1.54) is 30.1 Å². The summed E-state index contributed by atoms with van der Waals surface area (Å²) in [6.07, 6.45) is 3.52. The molecule has 0 bridgehead atoms. The monoisotopic (exact) mass is 389 g/mol. The largest absolute Gasteiger partial charge is 0.359 e. The predicted octanol–water partition coefficient (Wildman–Crippen LogP) is 3.16. The molecule has 0 saturated carbocycles. The van der Waals surface area contributed by atoms with Gasteiger partial charge in [-0.1, -0.05) is 12.1 Å². The van der Waals surface area contributed by atoms with Crippen molar-refractivity contribution < 1.29 is 13.6 Å². The minimum atomic E-state index is -2.62. The zero-order chi connectivity index (χ0) is 19.2. The average Bonchev–Trinajstić information content (AvgIpc) is 3.22. The lowest BCUT2D eigenvalue weighted by atomic mass is 10.1. The van der Waals surface area contributed by atoms with E-state index in [1.807, 2.05) is 24.3 Å². The number of thiazole rings is 1. The van der Waals surface area contributed by atoms with Crippen LogP contribution in [0, 0.1) is 0 Å². The van der Waals surface area contributed by atoms with Crippen molar-refractivity contribution in [2.24, 2.45) is 0 Å². The van der Waals surface area contributed by atoms with Crippen LogP contribution in [0.4, 0.5) is 14.5 Å². The van der Waals surface area contributed by atoms with Crippen molar-refractivity contribution in [2.45, 2.75) is 12.5 Å². The molecule has 27 heavy (non-hydrogen) atoms. The normalized spacial score (nSPS) is 12.0. The maximum absolute atomic E-state index is 12.6. The van der Waals surface area contributed by atoms with Crippen LogP contribution >= 0.6 is 11.3 Å². The van der Waals surface area contributed by atoms with Gasteiger partial charge in [-0.15, -0.1) is 11.3 Å². The Balaban J connectivity index is 1.86. The van der Waals surface area contributed by atoms with E-state index in [1.54, 1.807) is 23.7 Å². The van der Waals surface area contributed by atoms with Crippen LogP contribution in [0.5, 0.6) is 0 Å². The predicted molar refractivity (Wildman–Crippen MR) is 99.7 cm³/mol. The standard InChI is InChI=1S/C18H17F2N5OS/c1-25(14-4-2-12(3-5-14)15-8-23-11-27-15)17(13-6-21-10-22-7-13)18(26)24-9-16(19)20/h2-8,10-11,16-17H,9H2,1H3,(H,24,26). The maximum Gasteiger partial charge on any atom is 0.255 e. The number of benzene rings is 1. The number of likely N-dealkylation sites (N-methyl/N-ethyl adjacent to an activating group) is 1. The highest BCUT2D eigenvalue weighted by molar-refractivity contribution is 7.13. The number of nitrogens with one attached hydrogen (secondary N) is 1. The number of hydrogen-bond donors (Lipinski definition) is 1. The fourth-order valence-corrected chi connectivity index (χ4v) is 3.27. The molecule has 3 rings (SSSR count). The molecule has 1 atom stereocenters. The highest BCUT2D eigenvalue weighted by Crippen LogP contribution is 2.29. The summed E-state index contributed by atoms with van der Waals surface area (Å²) in [4.78, 5) is 27.2. The Labute approximate surface area is 158 Å². The molecule has 140 valence electrons. The summed E-state index contributed by atoms with van der Waals surface area (Å²) in [6, 6.07) is 6.75. The molecule has 1 N–H and O–H groups in total. The smallest absolute Gasteiger partial charge is 0.255 e. The second-order valence-corrected chi connectivity index (χ2v) is 6.62. The van der Waals surface area contributed by atoms with Gasteiger partial charge in [0.05, 0.1) is 16.9 Å². The molecule has 2 aromatic heterocycles. The first kappa shape index (κ1) is 18.8. The van der Waals surface area contributed by atoms with Gasteiger partial charge in [0.2, 0.25) is 5.91 Å².